The van der Waals surface area contributed by atoms with Crippen molar-refractivity contribution in [1.29, 1.82) is 0 Å². The molecule has 78 valence electrons. The summed E-state index contributed by atoms with van der Waals surface area (Å²) in [5.41, 5.74) is 5.54. The molecular weight excluding hydrogens is 200 g/mol. The van der Waals surface area contributed by atoms with E-state index in [0.717, 1.165) is 4.68 Å². The van der Waals surface area contributed by atoms with Crippen molar-refractivity contribution >= 4 is 5.82 Å². The van der Waals surface area contributed by atoms with E-state index in [9.17, 15) is 8.78 Å². The van der Waals surface area contributed by atoms with Gasteiger partial charge in [-0.25, -0.2) is 13.5 Å². The van der Waals surface area contributed by atoms with Crippen molar-refractivity contribution in [2.45, 2.75) is 6.92 Å². The van der Waals surface area contributed by atoms with Gasteiger partial charge in [0.25, 0.3) is 0 Å². The SMILES string of the molecule is Cc1ccc(F)c(-n2ccc(N)n2)c1F. The molecule has 0 saturated heterocycles. The maximum absolute atomic E-state index is 13.6. The molecule has 1 aromatic heterocycles. The highest BCUT2D eigenvalue weighted by molar-refractivity contribution is 5.40. The zero-order chi connectivity index (χ0) is 11.0. The van der Waals surface area contributed by atoms with Gasteiger partial charge in [0.15, 0.2) is 11.6 Å². The van der Waals surface area contributed by atoms with Gasteiger partial charge in [-0.05, 0) is 18.6 Å². The Balaban J connectivity index is 2.66. The second-order valence-electron chi connectivity index (χ2n) is 3.21. The highest BCUT2D eigenvalue weighted by atomic mass is 19.1. The summed E-state index contributed by atoms with van der Waals surface area (Å²) in [6.07, 6.45) is 1.41. The van der Waals surface area contributed by atoms with E-state index >= 15 is 0 Å². The van der Waals surface area contributed by atoms with Gasteiger partial charge in [0, 0.05) is 12.3 Å². The van der Waals surface area contributed by atoms with Crippen molar-refractivity contribution in [3.05, 3.63) is 41.6 Å². The number of hydrogen-bond acceptors (Lipinski definition) is 2. The van der Waals surface area contributed by atoms with E-state index in [1.807, 2.05) is 0 Å². The van der Waals surface area contributed by atoms with Crippen molar-refractivity contribution in [3.63, 3.8) is 0 Å². The second-order valence-corrected chi connectivity index (χ2v) is 3.21. The molecule has 0 saturated carbocycles. The summed E-state index contributed by atoms with van der Waals surface area (Å²) in [4.78, 5) is 0. The van der Waals surface area contributed by atoms with E-state index in [2.05, 4.69) is 5.10 Å². The zero-order valence-electron chi connectivity index (χ0n) is 8.04. The van der Waals surface area contributed by atoms with E-state index in [-0.39, 0.29) is 11.5 Å². The van der Waals surface area contributed by atoms with Crippen LogP contribution < -0.4 is 5.73 Å². The molecule has 0 atom stereocenters. The third-order valence-electron chi connectivity index (χ3n) is 2.10. The van der Waals surface area contributed by atoms with Gasteiger partial charge in [-0.2, -0.15) is 5.10 Å². The van der Waals surface area contributed by atoms with Gasteiger partial charge in [-0.15, -0.1) is 0 Å². The van der Waals surface area contributed by atoms with Gasteiger partial charge in [-0.3, -0.25) is 0 Å². The highest BCUT2D eigenvalue weighted by Gasteiger charge is 2.13. The van der Waals surface area contributed by atoms with Gasteiger partial charge in [0.2, 0.25) is 0 Å². The predicted octanol–water partition coefficient (Wildman–Crippen LogP) is 2.04. The minimum absolute atomic E-state index is 0.202. The van der Waals surface area contributed by atoms with Crippen LogP contribution in [0.1, 0.15) is 5.56 Å². The normalized spacial score (nSPS) is 10.6. The molecule has 2 rings (SSSR count). The number of nitrogens with zero attached hydrogens (tertiary/aromatic N) is 2. The Morgan fingerprint density at radius 2 is 2.00 bits per heavy atom. The van der Waals surface area contributed by atoms with Gasteiger partial charge in [0.1, 0.15) is 11.5 Å². The first-order valence-electron chi connectivity index (χ1n) is 4.35. The highest BCUT2D eigenvalue weighted by Crippen LogP contribution is 2.20. The maximum Gasteiger partial charge on any atom is 0.154 e. The van der Waals surface area contributed by atoms with Crippen molar-refractivity contribution in [1.82, 2.24) is 9.78 Å². The molecule has 3 nitrogen and oxygen atoms in total. The molecule has 0 aliphatic carbocycles. The Kier molecular flexibility index (Phi) is 2.15. The fourth-order valence-electron chi connectivity index (χ4n) is 1.31. The Bertz CT molecular complexity index is 505. The van der Waals surface area contributed by atoms with Crippen LogP contribution in [0.5, 0.6) is 0 Å². The fraction of sp³-hybridized carbons (Fsp3) is 0.100. The molecule has 1 heterocycles. The molecule has 15 heavy (non-hydrogen) atoms. The van der Waals surface area contributed by atoms with Crippen LogP contribution in [-0.2, 0) is 0 Å². The number of aromatic nitrogens is 2. The lowest BCUT2D eigenvalue weighted by molar-refractivity contribution is 0.555. The first kappa shape index (κ1) is 9.64. The van der Waals surface area contributed by atoms with Crippen LogP contribution in [0.2, 0.25) is 0 Å². The van der Waals surface area contributed by atoms with Gasteiger partial charge in [0.05, 0.1) is 0 Å². The number of hydrogen-bond donors (Lipinski definition) is 1. The number of anilines is 1. The lowest BCUT2D eigenvalue weighted by Crippen LogP contribution is -2.04. The molecule has 0 aliphatic heterocycles. The summed E-state index contributed by atoms with van der Waals surface area (Å²) in [6, 6.07) is 4.05. The Hall–Kier alpha value is -1.91. The van der Waals surface area contributed by atoms with Crippen LogP contribution in [0, 0.1) is 18.6 Å². The molecule has 0 spiro atoms. The number of nitrogen functional groups attached to an aromatic ring is 1. The topological polar surface area (TPSA) is 43.8 Å². The second kappa shape index (κ2) is 3.34. The Labute approximate surface area is 85.1 Å². The van der Waals surface area contributed by atoms with Crippen molar-refractivity contribution in [3.8, 4) is 5.69 Å². The molecule has 0 amide bonds. The Morgan fingerprint density at radius 3 is 2.60 bits per heavy atom. The number of halogens is 2. The molecular formula is C10H9F2N3. The van der Waals surface area contributed by atoms with Crippen LogP contribution in [0.15, 0.2) is 24.4 Å². The van der Waals surface area contributed by atoms with Crippen LogP contribution in [0.3, 0.4) is 0 Å². The van der Waals surface area contributed by atoms with E-state index in [1.54, 1.807) is 6.92 Å². The minimum atomic E-state index is -0.666. The molecule has 0 fully saturated rings. The summed E-state index contributed by atoms with van der Waals surface area (Å²) < 4.78 is 28.1. The molecule has 0 bridgehead atoms. The maximum atomic E-state index is 13.6. The summed E-state index contributed by atoms with van der Waals surface area (Å²) >= 11 is 0. The number of nitrogens with two attached hydrogens (primary N) is 1. The minimum Gasteiger partial charge on any atom is -0.382 e. The summed E-state index contributed by atoms with van der Waals surface area (Å²) in [5, 5.41) is 3.76. The molecule has 0 aliphatic rings. The molecule has 5 heteroatoms. The van der Waals surface area contributed by atoms with E-state index in [1.165, 1.54) is 24.4 Å². The lowest BCUT2D eigenvalue weighted by atomic mass is 10.2. The lowest BCUT2D eigenvalue weighted by Gasteiger charge is -2.06. The smallest absolute Gasteiger partial charge is 0.154 e. The van der Waals surface area contributed by atoms with E-state index in [4.69, 9.17) is 5.73 Å². The first-order chi connectivity index (χ1) is 7.09. The number of benzene rings is 1. The third kappa shape index (κ3) is 1.56. The summed E-state index contributed by atoms with van der Waals surface area (Å²) in [7, 11) is 0. The van der Waals surface area contributed by atoms with Crippen molar-refractivity contribution in [2.75, 3.05) is 5.73 Å². The molecule has 2 aromatic rings. The predicted molar refractivity (Wildman–Crippen MR) is 52.6 cm³/mol. The monoisotopic (exact) mass is 209 g/mol. The van der Waals surface area contributed by atoms with Crippen LogP contribution >= 0.6 is 0 Å². The summed E-state index contributed by atoms with van der Waals surface area (Å²) in [5.74, 6) is -1.07. The number of rotatable bonds is 1. The number of aryl methyl sites for hydroxylation is 1. The van der Waals surface area contributed by atoms with Crippen LogP contribution in [0.4, 0.5) is 14.6 Å². The third-order valence-corrected chi connectivity index (χ3v) is 2.10. The first-order valence-corrected chi connectivity index (χ1v) is 4.35. The largest absolute Gasteiger partial charge is 0.382 e. The van der Waals surface area contributed by atoms with E-state index < -0.39 is 11.6 Å². The zero-order valence-corrected chi connectivity index (χ0v) is 8.04. The Morgan fingerprint density at radius 1 is 1.27 bits per heavy atom. The quantitative estimate of drug-likeness (QED) is 0.781. The molecule has 0 unspecified atom stereocenters. The summed E-state index contributed by atoms with van der Waals surface area (Å²) in [6.45, 7) is 1.56. The van der Waals surface area contributed by atoms with Gasteiger partial charge >= 0.3 is 0 Å². The van der Waals surface area contributed by atoms with Crippen molar-refractivity contribution in [2.24, 2.45) is 0 Å². The average molecular weight is 209 g/mol. The van der Waals surface area contributed by atoms with Gasteiger partial charge < -0.3 is 5.73 Å². The molecule has 1 aromatic carbocycles. The van der Waals surface area contributed by atoms with Crippen LogP contribution in [-0.4, -0.2) is 9.78 Å². The fourth-order valence-corrected chi connectivity index (χ4v) is 1.31. The van der Waals surface area contributed by atoms with Gasteiger partial charge in [-0.1, -0.05) is 6.07 Å². The van der Waals surface area contributed by atoms with Crippen LogP contribution in [0.25, 0.3) is 5.69 Å². The molecule has 2 N–H and O–H groups in total. The van der Waals surface area contributed by atoms with Crippen molar-refractivity contribution < 1.29 is 8.78 Å². The average Bonchev–Trinajstić information content (AvgIpc) is 2.59. The standard InChI is InChI=1S/C10H9F2N3/c1-6-2-3-7(11)10(9(6)12)15-5-4-8(13)14-15/h2-5H,1H3,(H2,13,14). The molecule has 0 radical (unpaired) electrons. The van der Waals surface area contributed by atoms with E-state index in [0.29, 0.717) is 5.56 Å².